The second-order valence-electron chi connectivity index (χ2n) is 4.13. The van der Waals surface area contributed by atoms with Crippen LogP contribution in [-0.2, 0) is 19.6 Å². The first-order chi connectivity index (χ1) is 8.82. The first kappa shape index (κ1) is 13.4. The Hall–Kier alpha value is -2.05. The van der Waals surface area contributed by atoms with Gasteiger partial charge in [-0.1, -0.05) is 6.92 Å². The quantitative estimate of drug-likeness (QED) is 0.853. The largest absolute Gasteiger partial charge is 0.416 e. The molecule has 0 atom stereocenters. The van der Waals surface area contributed by atoms with Gasteiger partial charge in [0.05, 0.1) is 5.56 Å². The monoisotopic (exact) mass is 270 g/mol. The van der Waals surface area contributed by atoms with Crippen molar-refractivity contribution in [3.63, 3.8) is 0 Å². The van der Waals surface area contributed by atoms with Crippen LogP contribution in [0.25, 0.3) is 11.4 Å². The third kappa shape index (κ3) is 2.54. The SMILES string of the molecule is CCc1nc(-c2cc(C(F)(F)F)ccc2N)n(C)n1. The van der Waals surface area contributed by atoms with E-state index < -0.39 is 11.7 Å². The molecule has 19 heavy (non-hydrogen) atoms. The third-order valence-corrected chi connectivity index (χ3v) is 2.74. The Bertz CT molecular complexity index is 602. The maximum atomic E-state index is 12.7. The lowest BCUT2D eigenvalue weighted by Gasteiger charge is -2.10. The highest BCUT2D eigenvalue weighted by Crippen LogP contribution is 2.34. The van der Waals surface area contributed by atoms with Gasteiger partial charge in [-0.25, -0.2) is 9.67 Å². The van der Waals surface area contributed by atoms with Crippen molar-refractivity contribution >= 4 is 5.69 Å². The van der Waals surface area contributed by atoms with Gasteiger partial charge in [0, 0.05) is 24.7 Å². The number of halogens is 3. The lowest BCUT2D eigenvalue weighted by Crippen LogP contribution is -2.07. The number of aromatic nitrogens is 3. The second-order valence-corrected chi connectivity index (χ2v) is 4.13. The minimum absolute atomic E-state index is 0.240. The van der Waals surface area contributed by atoms with Crippen molar-refractivity contribution < 1.29 is 13.2 Å². The zero-order valence-corrected chi connectivity index (χ0v) is 10.5. The Balaban J connectivity index is 2.57. The summed E-state index contributed by atoms with van der Waals surface area (Å²) in [5, 5.41) is 4.11. The average Bonchev–Trinajstić information content (AvgIpc) is 2.69. The van der Waals surface area contributed by atoms with Gasteiger partial charge in [0.2, 0.25) is 0 Å². The Morgan fingerprint density at radius 1 is 1.32 bits per heavy atom. The minimum atomic E-state index is -4.41. The molecule has 0 unspecified atom stereocenters. The van der Waals surface area contributed by atoms with Gasteiger partial charge in [-0.15, -0.1) is 0 Å². The van der Waals surface area contributed by atoms with Gasteiger partial charge < -0.3 is 5.73 Å². The van der Waals surface area contributed by atoms with E-state index in [-0.39, 0.29) is 11.3 Å². The molecule has 0 aliphatic rings. The number of rotatable bonds is 2. The summed E-state index contributed by atoms with van der Waals surface area (Å²) in [6.07, 6.45) is -3.80. The van der Waals surface area contributed by atoms with E-state index in [1.165, 1.54) is 10.7 Å². The predicted octanol–water partition coefficient (Wildman–Crippen LogP) is 2.65. The number of nitrogens with two attached hydrogens (primary N) is 1. The van der Waals surface area contributed by atoms with Crippen LogP contribution in [-0.4, -0.2) is 14.8 Å². The maximum absolute atomic E-state index is 12.7. The molecule has 0 saturated heterocycles. The van der Waals surface area contributed by atoms with E-state index >= 15 is 0 Å². The summed E-state index contributed by atoms with van der Waals surface area (Å²) in [5.74, 6) is 0.898. The molecule has 1 aromatic carbocycles. The van der Waals surface area contributed by atoms with E-state index in [2.05, 4.69) is 10.1 Å². The number of benzene rings is 1. The van der Waals surface area contributed by atoms with Gasteiger partial charge >= 0.3 is 6.18 Å². The predicted molar refractivity (Wildman–Crippen MR) is 65.2 cm³/mol. The number of nitrogens with zero attached hydrogens (tertiary/aromatic N) is 3. The van der Waals surface area contributed by atoms with E-state index in [1.807, 2.05) is 6.92 Å². The summed E-state index contributed by atoms with van der Waals surface area (Å²) >= 11 is 0. The Kier molecular flexibility index (Phi) is 3.21. The van der Waals surface area contributed by atoms with Crippen LogP contribution in [0.4, 0.5) is 18.9 Å². The molecule has 7 heteroatoms. The zero-order valence-electron chi connectivity index (χ0n) is 10.5. The normalized spacial score (nSPS) is 11.8. The molecule has 0 saturated carbocycles. The Labute approximate surface area is 108 Å². The molecule has 0 amide bonds. The third-order valence-electron chi connectivity index (χ3n) is 2.74. The average molecular weight is 270 g/mol. The molecule has 1 aromatic heterocycles. The fourth-order valence-corrected chi connectivity index (χ4v) is 1.75. The molecule has 0 fully saturated rings. The number of nitrogen functional groups attached to an aromatic ring is 1. The van der Waals surface area contributed by atoms with E-state index in [9.17, 15) is 13.2 Å². The van der Waals surface area contributed by atoms with Crippen LogP contribution in [0.3, 0.4) is 0 Å². The topological polar surface area (TPSA) is 56.7 Å². The standard InChI is InChI=1S/C12H13F3N4/c1-3-10-17-11(19(2)18-10)8-6-7(12(13,14)15)4-5-9(8)16/h4-6H,3,16H2,1-2H3. The van der Waals surface area contributed by atoms with Crippen molar-refractivity contribution in [1.29, 1.82) is 0 Å². The summed E-state index contributed by atoms with van der Waals surface area (Å²) < 4.78 is 39.5. The van der Waals surface area contributed by atoms with Crippen LogP contribution >= 0.6 is 0 Å². The summed E-state index contributed by atoms with van der Waals surface area (Å²) in [6, 6.07) is 3.19. The number of anilines is 1. The molecular weight excluding hydrogens is 257 g/mol. The number of hydrogen-bond acceptors (Lipinski definition) is 3. The summed E-state index contributed by atoms with van der Waals surface area (Å²) in [5.41, 5.74) is 5.47. The van der Waals surface area contributed by atoms with Crippen molar-refractivity contribution in [2.24, 2.45) is 7.05 Å². The highest BCUT2D eigenvalue weighted by Gasteiger charge is 2.31. The van der Waals surface area contributed by atoms with Gasteiger partial charge in [0.1, 0.15) is 0 Å². The highest BCUT2D eigenvalue weighted by atomic mass is 19.4. The minimum Gasteiger partial charge on any atom is -0.398 e. The van der Waals surface area contributed by atoms with Crippen LogP contribution in [0.15, 0.2) is 18.2 Å². The first-order valence-corrected chi connectivity index (χ1v) is 5.70. The van der Waals surface area contributed by atoms with E-state index in [0.29, 0.717) is 18.1 Å². The molecule has 0 bridgehead atoms. The molecule has 0 aliphatic carbocycles. The van der Waals surface area contributed by atoms with Crippen molar-refractivity contribution in [3.05, 3.63) is 29.6 Å². The molecule has 2 aromatic rings. The number of aryl methyl sites for hydroxylation is 2. The summed E-state index contributed by atoms with van der Waals surface area (Å²) in [7, 11) is 1.63. The van der Waals surface area contributed by atoms with Gasteiger partial charge in [-0.2, -0.15) is 18.3 Å². The van der Waals surface area contributed by atoms with Gasteiger partial charge in [0.15, 0.2) is 11.6 Å². The fourth-order valence-electron chi connectivity index (χ4n) is 1.75. The van der Waals surface area contributed by atoms with Crippen molar-refractivity contribution in [2.75, 3.05) is 5.73 Å². The molecule has 4 nitrogen and oxygen atoms in total. The van der Waals surface area contributed by atoms with Gasteiger partial charge in [0.25, 0.3) is 0 Å². The molecule has 0 aliphatic heterocycles. The number of hydrogen-bond donors (Lipinski definition) is 1. The zero-order chi connectivity index (χ0) is 14.2. The number of alkyl halides is 3. The lowest BCUT2D eigenvalue weighted by atomic mass is 10.1. The van der Waals surface area contributed by atoms with E-state index in [1.54, 1.807) is 7.05 Å². The van der Waals surface area contributed by atoms with Crippen LogP contribution in [0.1, 0.15) is 18.3 Å². The molecule has 2 N–H and O–H groups in total. The smallest absolute Gasteiger partial charge is 0.398 e. The highest BCUT2D eigenvalue weighted by molar-refractivity contribution is 5.72. The van der Waals surface area contributed by atoms with Gasteiger partial charge in [-0.05, 0) is 18.2 Å². The van der Waals surface area contributed by atoms with Gasteiger partial charge in [-0.3, -0.25) is 0 Å². The van der Waals surface area contributed by atoms with E-state index in [0.717, 1.165) is 12.1 Å². The molecule has 1 heterocycles. The van der Waals surface area contributed by atoms with E-state index in [4.69, 9.17) is 5.73 Å². The molecule has 2 rings (SSSR count). The Morgan fingerprint density at radius 3 is 2.53 bits per heavy atom. The summed E-state index contributed by atoms with van der Waals surface area (Å²) in [6.45, 7) is 1.87. The van der Waals surface area contributed by atoms with Crippen molar-refractivity contribution in [2.45, 2.75) is 19.5 Å². The van der Waals surface area contributed by atoms with Crippen LogP contribution in [0.2, 0.25) is 0 Å². The summed E-state index contributed by atoms with van der Waals surface area (Å²) in [4.78, 5) is 4.19. The molecular formula is C12H13F3N4. The van der Waals surface area contributed by atoms with Crippen LogP contribution in [0, 0.1) is 0 Å². The van der Waals surface area contributed by atoms with Crippen molar-refractivity contribution in [3.8, 4) is 11.4 Å². The second kappa shape index (κ2) is 4.56. The van der Waals surface area contributed by atoms with Crippen LogP contribution in [0.5, 0.6) is 0 Å². The molecule has 102 valence electrons. The lowest BCUT2D eigenvalue weighted by molar-refractivity contribution is -0.137. The van der Waals surface area contributed by atoms with Crippen molar-refractivity contribution in [1.82, 2.24) is 14.8 Å². The maximum Gasteiger partial charge on any atom is 0.416 e. The van der Waals surface area contributed by atoms with Crippen LogP contribution < -0.4 is 5.73 Å². The fraction of sp³-hybridized carbons (Fsp3) is 0.333. The molecule has 0 spiro atoms. The Morgan fingerprint density at radius 2 is 2.00 bits per heavy atom. The molecule has 0 radical (unpaired) electrons. The first-order valence-electron chi connectivity index (χ1n) is 5.70.